The highest BCUT2D eigenvalue weighted by atomic mass is 16.5. The van der Waals surface area contributed by atoms with Crippen LogP contribution >= 0.6 is 0 Å². The number of nitrogens with one attached hydrogen (secondary N) is 3. The molecule has 12 heteroatoms. The third-order valence-corrected chi connectivity index (χ3v) is 6.48. The van der Waals surface area contributed by atoms with Crippen LogP contribution in [0.25, 0.3) is 5.70 Å². The van der Waals surface area contributed by atoms with Gasteiger partial charge in [-0.25, -0.2) is 4.98 Å². The molecule has 7 rings (SSSR count). The van der Waals surface area contributed by atoms with Crippen molar-refractivity contribution >= 4 is 17.3 Å². The van der Waals surface area contributed by atoms with Gasteiger partial charge in [0.15, 0.2) is 11.9 Å². The van der Waals surface area contributed by atoms with Crippen LogP contribution in [0, 0.1) is 0 Å². The van der Waals surface area contributed by atoms with Crippen molar-refractivity contribution in [2.24, 2.45) is 0 Å². The second kappa shape index (κ2) is 8.85. The fourth-order valence-electron chi connectivity index (χ4n) is 5.10. The molecule has 2 aliphatic rings. The number of pyridine rings is 1. The highest BCUT2D eigenvalue weighted by molar-refractivity contribution is 5.91. The molecule has 0 spiro atoms. The molecule has 2 atom stereocenters. The summed E-state index contributed by atoms with van der Waals surface area (Å²) in [4.78, 5) is 21.7. The van der Waals surface area contributed by atoms with Crippen LogP contribution in [0.3, 0.4) is 0 Å². The Kier molecular flexibility index (Phi) is 5.06. The predicted molar refractivity (Wildman–Crippen MR) is 138 cm³/mol. The molecule has 186 valence electrons. The smallest absolute Gasteiger partial charge is 0.211 e. The predicted octanol–water partition coefficient (Wildman–Crippen LogP) is 3.11. The van der Waals surface area contributed by atoms with E-state index in [1.54, 1.807) is 43.4 Å². The summed E-state index contributed by atoms with van der Waals surface area (Å²) < 4.78 is 6.20. The molecule has 0 saturated carbocycles. The van der Waals surface area contributed by atoms with Crippen molar-refractivity contribution in [3.8, 4) is 0 Å². The largest absolute Gasteiger partial charge is 0.488 e. The molecular weight excluding hydrogens is 482 g/mol. The topological polar surface area (TPSA) is 140 Å². The van der Waals surface area contributed by atoms with Crippen LogP contribution in [0.15, 0.2) is 110 Å². The number of hydrogen-bond acceptors (Lipinski definition) is 9. The van der Waals surface area contributed by atoms with E-state index >= 15 is 0 Å². The van der Waals surface area contributed by atoms with Crippen LogP contribution in [0.2, 0.25) is 0 Å². The molecule has 0 aromatic carbocycles. The van der Waals surface area contributed by atoms with Crippen LogP contribution in [-0.4, -0.2) is 51.6 Å². The van der Waals surface area contributed by atoms with Crippen LogP contribution in [0.5, 0.6) is 0 Å². The van der Waals surface area contributed by atoms with Crippen molar-refractivity contribution in [1.82, 2.24) is 45.5 Å². The second-order valence-electron chi connectivity index (χ2n) is 8.51. The van der Waals surface area contributed by atoms with Crippen molar-refractivity contribution in [2.45, 2.75) is 11.8 Å². The third kappa shape index (κ3) is 3.17. The minimum atomic E-state index is -1.15. The normalized spacial score (nSPS) is 20.8. The van der Waals surface area contributed by atoms with Crippen LogP contribution in [-0.2, 0) is 10.4 Å². The number of ether oxygens (including phenoxy) is 1. The van der Waals surface area contributed by atoms with Gasteiger partial charge >= 0.3 is 0 Å². The van der Waals surface area contributed by atoms with E-state index in [-0.39, 0.29) is 0 Å². The van der Waals surface area contributed by atoms with E-state index in [4.69, 9.17) is 14.7 Å². The van der Waals surface area contributed by atoms with Gasteiger partial charge in [0.1, 0.15) is 11.5 Å². The molecule has 0 fully saturated rings. The van der Waals surface area contributed by atoms with Gasteiger partial charge in [-0.15, -0.1) is 0 Å². The van der Waals surface area contributed by atoms with Gasteiger partial charge in [-0.1, -0.05) is 12.1 Å². The van der Waals surface area contributed by atoms with Crippen LogP contribution in [0.1, 0.15) is 17.1 Å². The average Bonchev–Trinajstić information content (AvgIpc) is 3.80. The monoisotopic (exact) mass is 503 g/mol. The summed E-state index contributed by atoms with van der Waals surface area (Å²) in [7, 11) is 0. The summed E-state index contributed by atoms with van der Waals surface area (Å²) in [5, 5.41) is 19.0. The molecule has 0 radical (unpaired) electrons. The molecule has 0 bridgehead atoms. The SMILES string of the molecule is C1=COC(C2=C(c3cn[nH]n3)N(c3ccc[nH]3)C(c3ccccn3)(c3ccn[nH]3)N2c2cnccn2)C=C1. The summed E-state index contributed by atoms with van der Waals surface area (Å²) in [6, 6.07) is 11.7. The number of H-pyrrole nitrogens is 3. The standard InChI is InChI=1S/C26H21N11O/c1-3-10-28-20(7-1)26(21-9-12-31-34-21)36(22-8-5-11-29-22)24(18-16-32-35-33-18)25(19-6-2-4-15-38-19)37(26)23-17-27-13-14-30-23/h1-17,19,29H,(H,31,34)(H,32,33,35). The van der Waals surface area contributed by atoms with E-state index in [0.29, 0.717) is 17.2 Å². The highest BCUT2D eigenvalue weighted by Gasteiger charge is 2.59. The molecule has 5 aromatic heterocycles. The maximum Gasteiger partial charge on any atom is 0.211 e. The van der Waals surface area contributed by atoms with Crippen molar-refractivity contribution < 1.29 is 4.74 Å². The fourth-order valence-corrected chi connectivity index (χ4v) is 5.10. The third-order valence-electron chi connectivity index (χ3n) is 6.48. The lowest BCUT2D eigenvalue weighted by Crippen LogP contribution is -2.55. The number of aromatic amines is 3. The number of hydrogen-bond donors (Lipinski definition) is 3. The Morgan fingerprint density at radius 1 is 0.895 bits per heavy atom. The maximum absolute atomic E-state index is 6.20. The van der Waals surface area contributed by atoms with Gasteiger partial charge in [-0.05, 0) is 42.5 Å². The van der Waals surface area contributed by atoms with E-state index in [2.05, 4.69) is 45.4 Å². The average molecular weight is 504 g/mol. The van der Waals surface area contributed by atoms with Crippen molar-refractivity contribution in [1.29, 1.82) is 0 Å². The van der Waals surface area contributed by atoms with Gasteiger partial charge in [0.2, 0.25) is 5.66 Å². The molecule has 7 heterocycles. The summed E-state index contributed by atoms with van der Waals surface area (Å²) in [6.45, 7) is 0. The number of rotatable bonds is 6. The van der Waals surface area contributed by atoms with Crippen LogP contribution in [0.4, 0.5) is 11.6 Å². The molecule has 0 amide bonds. The van der Waals surface area contributed by atoms with Gasteiger partial charge in [0.05, 0.1) is 41.4 Å². The Balaban J connectivity index is 1.65. The molecule has 38 heavy (non-hydrogen) atoms. The van der Waals surface area contributed by atoms with Gasteiger partial charge < -0.3 is 9.72 Å². The Morgan fingerprint density at radius 2 is 1.89 bits per heavy atom. The molecular formula is C26H21N11O. The molecule has 0 aliphatic carbocycles. The minimum Gasteiger partial charge on any atom is -0.488 e. The summed E-state index contributed by atoms with van der Waals surface area (Å²) >= 11 is 0. The fraction of sp³-hybridized carbons (Fsp3) is 0.0769. The molecule has 12 nitrogen and oxygen atoms in total. The highest BCUT2D eigenvalue weighted by Crippen LogP contribution is 2.54. The zero-order chi connectivity index (χ0) is 25.4. The van der Waals surface area contributed by atoms with Gasteiger partial charge in [-0.2, -0.15) is 20.5 Å². The first-order valence-electron chi connectivity index (χ1n) is 11.9. The lowest BCUT2D eigenvalue weighted by molar-refractivity contribution is 0.209. The first-order valence-corrected chi connectivity index (χ1v) is 11.9. The first-order chi connectivity index (χ1) is 18.9. The number of anilines is 2. The Labute approximate surface area is 216 Å². The molecule has 5 aromatic rings. The Hall–Kier alpha value is -5.52. The molecule has 2 unspecified atom stereocenters. The first kappa shape index (κ1) is 21.7. The minimum absolute atomic E-state index is 0.500. The Bertz CT molecular complexity index is 1590. The van der Waals surface area contributed by atoms with Crippen molar-refractivity contribution in [2.75, 3.05) is 9.80 Å². The lowest BCUT2D eigenvalue weighted by Gasteiger charge is -2.45. The summed E-state index contributed by atoms with van der Waals surface area (Å²) in [6.07, 6.45) is 19.0. The van der Waals surface area contributed by atoms with E-state index in [0.717, 1.165) is 22.9 Å². The summed E-state index contributed by atoms with van der Waals surface area (Å²) in [5.41, 5.74) is 2.39. The summed E-state index contributed by atoms with van der Waals surface area (Å²) in [5.74, 6) is 1.35. The van der Waals surface area contributed by atoms with E-state index in [1.165, 1.54) is 0 Å². The number of aromatic nitrogens is 9. The van der Waals surface area contributed by atoms with E-state index in [9.17, 15) is 0 Å². The number of nitrogens with zero attached hydrogens (tertiary/aromatic N) is 8. The maximum atomic E-state index is 6.20. The van der Waals surface area contributed by atoms with Crippen molar-refractivity contribution in [3.05, 3.63) is 127 Å². The van der Waals surface area contributed by atoms with Gasteiger partial charge in [0, 0.05) is 31.0 Å². The zero-order valence-corrected chi connectivity index (χ0v) is 19.9. The zero-order valence-electron chi connectivity index (χ0n) is 19.9. The number of allylic oxidation sites excluding steroid dienone is 2. The molecule has 3 N–H and O–H groups in total. The second-order valence-corrected chi connectivity index (χ2v) is 8.51. The molecule has 0 saturated heterocycles. The van der Waals surface area contributed by atoms with E-state index in [1.807, 2.05) is 60.8 Å². The van der Waals surface area contributed by atoms with Gasteiger partial charge in [-0.3, -0.25) is 24.9 Å². The van der Waals surface area contributed by atoms with Crippen molar-refractivity contribution in [3.63, 3.8) is 0 Å². The Morgan fingerprint density at radius 3 is 2.58 bits per heavy atom. The lowest BCUT2D eigenvalue weighted by atomic mass is 9.96. The van der Waals surface area contributed by atoms with Gasteiger partial charge in [0.25, 0.3) is 0 Å². The van der Waals surface area contributed by atoms with Crippen LogP contribution < -0.4 is 9.80 Å². The molecule has 2 aliphatic heterocycles. The van der Waals surface area contributed by atoms with E-state index < -0.39 is 11.8 Å². The quantitative estimate of drug-likeness (QED) is 0.319.